The second kappa shape index (κ2) is 10.7. The van der Waals surface area contributed by atoms with Gasteiger partial charge in [0.1, 0.15) is 22.6 Å². The number of hydrogen-bond donors (Lipinski definition) is 2. The molecule has 0 aliphatic heterocycles. The van der Waals surface area contributed by atoms with Crippen LogP contribution in [0, 0.1) is 11.7 Å². The van der Waals surface area contributed by atoms with E-state index in [2.05, 4.69) is 20.2 Å². The number of phenolic OH excluding ortho intramolecular Hbond substituents is 1. The van der Waals surface area contributed by atoms with E-state index in [1.54, 1.807) is 36.8 Å². The van der Waals surface area contributed by atoms with Crippen molar-refractivity contribution in [3.8, 4) is 28.1 Å². The third-order valence-electron chi connectivity index (χ3n) is 7.68. The topological polar surface area (TPSA) is 101 Å². The normalized spacial score (nSPS) is 26.0. The Kier molecular flexibility index (Phi) is 7.55. The number of anilines is 1. The second-order valence-electron chi connectivity index (χ2n) is 11.0. The van der Waals surface area contributed by atoms with Gasteiger partial charge in [0.05, 0.1) is 12.2 Å². The van der Waals surface area contributed by atoms with E-state index in [4.69, 9.17) is 5.73 Å². The number of benzene rings is 1. The molecule has 3 N–H and O–H groups in total. The van der Waals surface area contributed by atoms with Gasteiger partial charge < -0.3 is 15.7 Å². The second-order valence-corrected chi connectivity index (χ2v) is 11.8. The van der Waals surface area contributed by atoms with E-state index in [1.807, 2.05) is 18.7 Å². The van der Waals surface area contributed by atoms with E-state index in [0.717, 1.165) is 32.1 Å². The Balaban J connectivity index is 1.41. The first-order chi connectivity index (χ1) is 18.2. The maximum atomic E-state index is 15.8. The molecule has 0 radical (unpaired) electrons. The third-order valence-corrected chi connectivity index (χ3v) is 8.37. The fourth-order valence-electron chi connectivity index (χ4n) is 5.42. The van der Waals surface area contributed by atoms with Gasteiger partial charge in [-0.3, -0.25) is 0 Å². The molecule has 0 spiro atoms. The first kappa shape index (κ1) is 26.7. The number of hydrogen-bond acceptors (Lipinski definition) is 8. The molecule has 7 nitrogen and oxygen atoms in total. The molecule has 2 aliphatic rings. The van der Waals surface area contributed by atoms with Gasteiger partial charge in [0.15, 0.2) is 5.82 Å². The SMILES string of the molecule is CSc1ncc(-c2ccc(-c3cnc(N(C4CC4)[C@H]4C[C@@](C)(N)CCCC(C)[C@H]4F)nn3)c(O)c2)cc1F. The van der Waals surface area contributed by atoms with Crippen molar-refractivity contribution in [3.05, 3.63) is 42.5 Å². The van der Waals surface area contributed by atoms with Gasteiger partial charge in [-0.25, -0.2) is 18.7 Å². The zero-order valence-electron chi connectivity index (χ0n) is 21.9. The molecule has 2 aliphatic carbocycles. The molecule has 5 rings (SSSR count). The Bertz CT molecular complexity index is 1290. The van der Waals surface area contributed by atoms with Crippen LogP contribution in [-0.4, -0.2) is 55.3 Å². The Hall–Kier alpha value is -2.85. The first-order valence-corrected chi connectivity index (χ1v) is 14.3. The van der Waals surface area contributed by atoms with E-state index in [0.29, 0.717) is 39.8 Å². The molecule has 202 valence electrons. The van der Waals surface area contributed by atoms with Gasteiger partial charge in [-0.2, -0.15) is 0 Å². The van der Waals surface area contributed by atoms with Crippen molar-refractivity contribution in [2.75, 3.05) is 11.2 Å². The molecule has 3 aromatic rings. The monoisotopic (exact) mass is 540 g/mol. The molecule has 4 atom stereocenters. The van der Waals surface area contributed by atoms with Crippen LogP contribution in [0.5, 0.6) is 5.75 Å². The van der Waals surface area contributed by atoms with Crippen molar-refractivity contribution in [2.45, 2.75) is 81.2 Å². The molecule has 2 aromatic heterocycles. The summed E-state index contributed by atoms with van der Waals surface area (Å²) >= 11 is 1.23. The van der Waals surface area contributed by atoms with Crippen molar-refractivity contribution in [3.63, 3.8) is 0 Å². The highest BCUT2D eigenvalue weighted by Gasteiger charge is 2.44. The zero-order chi connectivity index (χ0) is 27.0. The van der Waals surface area contributed by atoms with Crippen LogP contribution in [-0.2, 0) is 0 Å². The summed E-state index contributed by atoms with van der Waals surface area (Å²) in [5.74, 6) is -0.121. The number of pyridine rings is 1. The van der Waals surface area contributed by atoms with E-state index in [-0.39, 0.29) is 17.7 Å². The standard InChI is InChI=1S/C28H34F2N6OS/c1-16-5-4-10-28(2,31)13-23(25(16)30)36(19-7-8-19)27-33-15-22(34-35-27)20-9-6-17(12-24(20)37)18-11-21(29)26(38-3)32-14-18/h6,9,11-12,14-16,19,23,25,37H,4-5,7-8,10,13,31H2,1-3H3/t16?,23-,25+,28-/m0/s1. The maximum absolute atomic E-state index is 15.8. The molecule has 2 fully saturated rings. The third kappa shape index (κ3) is 5.61. The predicted molar refractivity (Wildman–Crippen MR) is 146 cm³/mol. The van der Waals surface area contributed by atoms with Gasteiger partial charge in [0.25, 0.3) is 0 Å². The number of nitrogens with zero attached hydrogens (tertiary/aromatic N) is 5. The highest BCUT2D eigenvalue weighted by molar-refractivity contribution is 7.98. The van der Waals surface area contributed by atoms with E-state index >= 15 is 4.39 Å². The number of aromatic nitrogens is 4. The summed E-state index contributed by atoms with van der Waals surface area (Å²) in [5, 5.41) is 19.8. The van der Waals surface area contributed by atoms with Crippen LogP contribution >= 0.6 is 11.8 Å². The van der Waals surface area contributed by atoms with Gasteiger partial charge >= 0.3 is 0 Å². The highest BCUT2D eigenvalue weighted by atomic mass is 32.2. The summed E-state index contributed by atoms with van der Waals surface area (Å²) in [6.45, 7) is 3.97. The number of rotatable bonds is 6. The van der Waals surface area contributed by atoms with E-state index in [9.17, 15) is 9.50 Å². The number of nitrogens with two attached hydrogens (primary N) is 1. The predicted octanol–water partition coefficient (Wildman–Crippen LogP) is 5.77. The van der Waals surface area contributed by atoms with E-state index in [1.165, 1.54) is 17.8 Å². The lowest BCUT2D eigenvalue weighted by molar-refractivity contribution is 0.140. The van der Waals surface area contributed by atoms with Crippen molar-refractivity contribution in [1.82, 2.24) is 20.2 Å². The van der Waals surface area contributed by atoms with Crippen LogP contribution in [0.25, 0.3) is 22.4 Å². The molecule has 2 saturated carbocycles. The maximum Gasteiger partial charge on any atom is 0.245 e. The Morgan fingerprint density at radius 1 is 1.11 bits per heavy atom. The summed E-state index contributed by atoms with van der Waals surface area (Å²) in [4.78, 5) is 10.7. The average molecular weight is 541 g/mol. The van der Waals surface area contributed by atoms with Crippen LogP contribution in [0.15, 0.2) is 41.7 Å². The molecule has 0 amide bonds. The molecule has 0 saturated heterocycles. The molecule has 1 unspecified atom stereocenters. The van der Waals surface area contributed by atoms with Crippen LogP contribution in [0.4, 0.5) is 14.7 Å². The van der Waals surface area contributed by atoms with Crippen LogP contribution < -0.4 is 10.6 Å². The molecule has 10 heteroatoms. The molecule has 38 heavy (non-hydrogen) atoms. The summed E-state index contributed by atoms with van der Waals surface area (Å²) in [6, 6.07) is 6.16. The largest absolute Gasteiger partial charge is 0.507 e. The van der Waals surface area contributed by atoms with Crippen molar-refractivity contribution in [1.29, 1.82) is 0 Å². The summed E-state index contributed by atoms with van der Waals surface area (Å²) in [6.07, 6.45) is 8.89. The lowest BCUT2D eigenvalue weighted by atomic mass is 9.79. The number of phenols is 1. The van der Waals surface area contributed by atoms with Crippen LogP contribution in [0.1, 0.15) is 52.4 Å². The Morgan fingerprint density at radius 2 is 1.89 bits per heavy atom. The van der Waals surface area contributed by atoms with Gasteiger partial charge in [0, 0.05) is 28.9 Å². The zero-order valence-corrected chi connectivity index (χ0v) is 22.8. The van der Waals surface area contributed by atoms with Crippen molar-refractivity contribution >= 4 is 17.7 Å². The summed E-state index contributed by atoms with van der Waals surface area (Å²) < 4.78 is 30.0. The Labute approximate surface area is 226 Å². The minimum absolute atomic E-state index is 0.0312. The first-order valence-electron chi connectivity index (χ1n) is 13.1. The summed E-state index contributed by atoms with van der Waals surface area (Å²) in [7, 11) is 0. The van der Waals surface area contributed by atoms with Crippen LogP contribution in [0.3, 0.4) is 0 Å². The lowest BCUT2D eigenvalue weighted by Crippen LogP contribution is -2.54. The van der Waals surface area contributed by atoms with E-state index < -0.39 is 23.6 Å². The van der Waals surface area contributed by atoms with Gasteiger partial charge in [-0.05, 0) is 75.0 Å². The number of aromatic hydroxyl groups is 1. The number of halogens is 2. The fourth-order valence-corrected chi connectivity index (χ4v) is 5.83. The molecular formula is C28H34F2N6OS. The molecule has 0 bridgehead atoms. The quantitative estimate of drug-likeness (QED) is 0.380. The smallest absolute Gasteiger partial charge is 0.245 e. The van der Waals surface area contributed by atoms with Crippen molar-refractivity contribution in [2.24, 2.45) is 11.7 Å². The fraction of sp³-hybridized carbons (Fsp3) is 0.500. The molecule has 1 aromatic carbocycles. The average Bonchev–Trinajstić information content (AvgIpc) is 3.73. The number of thioether (sulfide) groups is 1. The molecular weight excluding hydrogens is 506 g/mol. The van der Waals surface area contributed by atoms with Crippen molar-refractivity contribution < 1.29 is 13.9 Å². The van der Waals surface area contributed by atoms with Gasteiger partial charge in [-0.1, -0.05) is 19.4 Å². The summed E-state index contributed by atoms with van der Waals surface area (Å²) in [5.41, 5.74) is 8.13. The minimum Gasteiger partial charge on any atom is -0.507 e. The van der Waals surface area contributed by atoms with Crippen LogP contribution in [0.2, 0.25) is 0 Å². The molecule has 2 heterocycles. The minimum atomic E-state index is -1.04. The van der Waals surface area contributed by atoms with Gasteiger partial charge in [-0.15, -0.1) is 22.0 Å². The number of alkyl halides is 1. The highest BCUT2D eigenvalue weighted by Crippen LogP contribution is 2.40. The Morgan fingerprint density at radius 3 is 2.53 bits per heavy atom. The van der Waals surface area contributed by atoms with Gasteiger partial charge in [0.2, 0.25) is 5.95 Å². The lowest BCUT2D eigenvalue weighted by Gasteiger charge is -2.42.